The van der Waals surface area contributed by atoms with E-state index in [4.69, 9.17) is 4.74 Å². The largest absolute Gasteiger partial charge is 0.490 e. The molecule has 2 aromatic rings. The number of rotatable bonds is 6. The summed E-state index contributed by atoms with van der Waals surface area (Å²) in [6, 6.07) is 7.19. The number of ether oxygens (including phenoxy) is 1. The maximum Gasteiger partial charge on any atom is 0.420 e. The fourth-order valence-corrected chi connectivity index (χ4v) is 7.55. The van der Waals surface area contributed by atoms with Gasteiger partial charge in [0.2, 0.25) is 0 Å². The highest BCUT2D eigenvalue weighted by Crippen LogP contribution is 2.65. The predicted molar refractivity (Wildman–Crippen MR) is 133 cm³/mol. The average molecular weight is 558 g/mol. The highest BCUT2D eigenvalue weighted by atomic mass is 19.4. The summed E-state index contributed by atoms with van der Waals surface area (Å²) in [7, 11) is 0. The van der Waals surface area contributed by atoms with E-state index in [1.165, 1.54) is 18.2 Å². The molecule has 2 aromatic carbocycles. The van der Waals surface area contributed by atoms with Gasteiger partial charge in [-0.05, 0) is 84.7 Å². The van der Waals surface area contributed by atoms with E-state index in [1.807, 2.05) is 13.8 Å². The van der Waals surface area contributed by atoms with Crippen molar-refractivity contribution in [3.05, 3.63) is 41.5 Å². The lowest BCUT2D eigenvalue weighted by Gasteiger charge is -2.38. The monoisotopic (exact) mass is 557 g/mol. The van der Waals surface area contributed by atoms with Gasteiger partial charge >= 0.3 is 18.3 Å². The lowest BCUT2D eigenvalue weighted by molar-refractivity contribution is -0.185. The summed E-state index contributed by atoms with van der Waals surface area (Å²) in [6.07, 6.45) is -7.76. The van der Waals surface area contributed by atoms with Crippen molar-refractivity contribution in [2.45, 2.75) is 89.8 Å². The van der Waals surface area contributed by atoms with Gasteiger partial charge in [-0.25, -0.2) is 0 Å². The lowest BCUT2D eigenvalue weighted by Crippen LogP contribution is -2.51. The second-order valence-corrected chi connectivity index (χ2v) is 12.0. The number of hydrogen-bond donors (Lipinski definition) is 2. The van der Waals surface area contributed by atoms with Crippen LogP contribution in [0.5, 0.6) is 5.75 Å². The Morgan fingerprint density at radius 1 is 1.03 bits per heavy atom. The molecule has 0 aliphatic heterocycles. The van der Waals surface area contributed by atoms with Gasteiger partial charge in [-0.1, -0.05) is 32.0 Å². The number of benzene rings is 2. The molecule has 3 unspecified atom stereocenters. The van der Waals surface area contributed by atoms with Gasteiger partial charge in [0.1, 0.15) is 11.3 Å². The van der Waals surface area contributed by atoms with Crippen molar-refractivity contribution in [2.24, 2.45) is 22.7 Å². The normalized spacial score (nSPS) is 30.6. The standard InChI is InChI=1S/C29H33F6NO3/c1-26(2)19-11-12-27(26,25(37)38)23(14-19)36-15-16-3-9-21-17(13-16)4-10-22(24(21)29(33,34)35)39-20-7-5-18(6-8-20)28(30,31)32/h3-4,9-10,13,18-20,23,36H,5-8,11-12,14-15H2,1-2H3,(H,37,38)/t18-,19?,20+,23?,27?. The van der Waals surface area contributed by atoms with Crippen molar-refractivity contribution >= 4 is 16.7 Å². The Morgan fingerprint density at radius 3 is 2.31 bits per heavy atom. The number of alkyl halides is 6. The summed E-state index contributed by atoms with van der Waals surface area (Å²) >= 11 is 0. The van der Waals surface area contributed by atoms with Crippen LogP contribution in [0.2, 0.25) is 0 Å². The molecule has 0 aromatic heterocycles. The second kappa shape index (κ2) is 9.56. The van der Waals surface area contributed by atoms with Crippen LogP contribution in [0.4, 0.5) is 26.3 Å². The van der Waals surface area contributed by atoms with Crippen molar-refractivity contribution in [1.82, 2.24) is 5.32 Å². The number of fused-ring (bicyclic) bond motifs is 3. The molecule has 3 saturated carbocycles. The Balaban J connectivity index is 1.34. The van der Waals surface area contributed by atoms with Crippen molar-refractivity contribution in [3.8, 4) is 5.75 Å². The number of carbonyl (C=O) groups is 1. The van der Waals surface area contributed by atoms with Crippen LogP contribution in [0, 0.1) is 22.7 Å². The van der Waals surface area contributed by atoms with Crippen LogP contribution in [0.25, 0.3) is 10.8 Å². The smallest absolute Gasteiger partial charge is 0.420 e. The first-order valence-electron chi connectivity index (χ1n) is 13.5. The average Bonchev–Trinajstić information content (AvgIpc) is 3.24. The molecule has 0 radical (unpaired) electrons. The molecule has 3 aliphatic rings. The number of hydrogen-bond acceptors (Lipinski definition) is 3. The third-order valence-electron chi connectivity index (χ3n) is 9.87. The van der Waals surface area contributed by atoms with Crippen LogP contribution in [0.3, 0.4) is 0 Å². The van der Waals surface area contributed by atoms with Gasteiger partial charge in [0.25, 0.3) is 0 Å². The molecule has 2 N–H and O–H groups in total. The minimum absolute atomic E-state index is 0.0424. The number of nitrogens with one attached hydrogen (secondary N) is 1. The second-order valence-electron chi connectivity index (χ2n) is 12.0. The minimum Gasteiger partial charge on any atom is -0.490 e. The zero-order chi connectivity index (χ0) is 28.4. The molecule has 5 rings (SSSR count). The Bertz CT molecular complexity index is 1250. The molecular formula is C29H33F6NO3. The van der Waals surface area contributed by atoms with E-state index in [-0.39, 0.29) is 48.3 Å². The summed E-state index contributed by atoms with van der Waals surface area (Å²) < 4.78 is 87.1. The highest BCUT2D eigenvalue weighted by molar-refractivity contribution is 5.89. The molecule has 10 heteroatoms. The molecule has 2 bridgehead atoms. The third-order valence-corrected chi connectivity index (χ3v) is 9.87. The summed E-state index contributed by atoms with van der Waals surface area (Å²) in [6.45, 7) is 4.34. The maximum atomic E-state index is 14.2. The first kappa shape index (κ1) is 28.1. The maximum absolute atomic E-state index is 14.2. The van der Waals surface area contributed by atoms with E-state index in [0.29, 0.717) is 24.3 Å². The Hall–Kier alpha value is -2.49. The van der Waals surface area contributed by atoms with E-state index < -0.39 is 41.3 Å². The number of aliphatic carboxylic acids is 1. The molecule has 3 atom stereocenters. The molecule has 214 valence electrons. The number of carboxylic acid groups (broad SMARTS) is 1. The van der Waals surface area contributed by atoms with Crippen LogP contribution in [-0.2, 0) is 17.5 Å². The zero-order valence-corrected chi connectivity index (χ0v) is 21.9. The van der Waals surface area contributed by atoms with E-state index in [0.717, 1.165) is 18.4 Å². The topological polar surface area (TPSA) is 58.6 Å². The molecule has 0 heterocycles. The molecule has 3 fully saturated rings. The molecule has 0 spiro atoms. The quantitative estimate of drug-likeness (QED) is 0.357. The van der Waals surface area contributed by atoms with Gasteiger partial charge in [-0.2, -0.15) is 26.3 Å². The number of carboxylic acids is 1. The van der Waals surface area contributed by atoms with Crippen LogP contribution >= 0.6 is 0 Å². The Labute approximate surface area is 223 Å². The summed E-state index contributed by atoms with van der Waals surface area (Å²) in [5.74, 6) is -2.32. The number of halogens is 6. The summed E-state index contributed by atoms with van der Waals surface area (Å²) in [5.41, 5.74) is -1.42. The van der Waals surface area contributed by atoms with Gasteiger partial charge in [0.05, 0.1) is 17.4 Å². The van der Waals surface area contributed by atoms with Crippen molar-refractivity contribution in [2.75, 3.05) is 0 Å². The van der Waals surface area contributed by atoms with Gasteiger partial charge in [0, 0.05) is 12.6 Å². The van der Waals surface area contributed by atoms with E-state index >= 15 is 0 Å². The first-order chi connectivity index (χ1) is 18.1. The van der Waals surface area contributed by atoms with Crippen molar-refractivity contribution in [1.29, 1.82) is 0 Å². The molecule has 4 nitrogen and oxygen atoms in total. The first-order valence-corrected chi connectivity index (χ1v) is 13.5. The molecule has 3 aliphatic carbocycles. The molecule has 0 saturated heterocycles. The van der Waals surface area contributed by atoms with Crippen LogP contribution in [-0.4, -0.2) is 29.4 Å². The van der Waals surface area contributed by atoms with E-state index in [1.54, 1.807) is 12.1 Å². The Morgan fingerprint density at radius 2 is 1.72 bits per heavy atom. The fraction of sp³-hybridized carbons (Fsp3) is 0.621. The summed E-state index contributed by atoms with van der Waals surface area (Å²) in [4.78, 5) is 12.4. The van der Waals surface area contributed by atoms with E-state index in [2.05, 4.69) is 5.32 Å². The third kappa shape index (κ3) is 4.76. The zero-order valence-electron chi connectivity index (χ0n) is 21.9. The van der Waals surface area contributed by atoms with E-state index in [9.17, 15) is 36.2 Å². The van der Waals surface area contributed by atoms with Crippen molar-refractivity contribution in [3.63, 3.8) is 0 Å². The molecular weight excluding hydrogens is 524 g/mol. The minimum atomic E-state index is -4.72. The lowest BCUT2D eigenvalue weighted by atomic mass is 9.67. The van der Waals surface area contributed by atoms with Crippen LogP contribution in [0.1, 0.15) is 69.9 Å². The fourth-order valence-electron chi connectivity index (χ4n) is 7.55. The summed E-state index contributed by atoms with van der Waals surface area (Å²) in [5, 5.41) is 13.8. The Kier molecular flexibility index (Phi) is 6.88. The predicted octanol–water partition coefficient (Wildman–Crippen LogP) is 7.73. The van der Waals surface area contributed by atoms with Gasteiger partial charge in [-0.3, -0.25) is 4.79 Å². The van der Waals surface area contributed by atoms with Gasteiger partial charge in [0.15, 0.2) is 0 Å². The molecule has 39 heavy (non-hydrogen) atoms. The van der Waals surface area contributed by atoms with Gasteiger partial charge in [-0.15, -0.1) is 0 Å². The van der Waals surface area contributed by atoms with Gasteiger partial charge < -0.3 is 15.2 Å². The highest BCUT2D eigenvalue weighted by Gasteiger charge is 2.68. The SMILES string of the molecule is CC1(C)C2CCC1(C(=O)O)C(NCc1ccc3c(C(F)(F)F)c(O[C@H]4CC[C@@H](C(F)(F)F)CC4)ccc3c1)C2. The van der Waals surface area contributed by atoms with Crippen molar-refractivity contribution < 1.29 is 41.0 Å². The van der Waals surface area contributed by atoms with Crippen LogP contribution < -0.4 is 10.1 Å². The molecule has 0 amide bonds. The van der Waals surface area contributed by atoms with Crippen LogP contribution in [0.15, 0.2) is 30.3 Å².